The first-order valence-corrected chi connectivity index (χ1v) is 6.53. The second kappa shape index (κ2) is 4.16. The van der Waals surface area contributed by atoms with Crippen LogP contribution in [0.1, 0.15) is 46.5 Å². The molecule has 2 N–H and O–H groups in total. The molecular weight excluding hydrogens is 216 g/mol. The number of hydrogen-bond donors (Lipinski definition) is 1. The summed E-state index contributed by atoms with van der Waals surface area (Å²) in [4.78, 5) is 13.8. The van der Waals surface area contributed by atoms with Crippen molar-refractivity contribution in [2.24, 2.45) is 11.1 Å². The normalized spacial score (nSPS) is 33.4. The largest absolute Gasteiger partial charge is 0.444 e. The van der Waals surface area contributed by atoms with Gasteiger partial charge in [0.2, 0.25) is 0 Å². The number of carbonyl (C=O) groups excluding carboxylic acids is 1. The lowest BCUT2D eigenvalue weighted by Gasteiger charge is -2.26. The van der Waals surface area contributed by atoms with Crippen molar-refractivity contribution in [3.63, 3.8) is 0 Å². The van der Waals surface area contributed by atoms with Gasteiger partial charge in [0.1, 0.15) is 5.60 Å². The molecule has 0 aromatic heterocycles. The van der Waals surface area contributed by atoms with Crippen molar-refractivity contribution in [1.82, 2.24) is 4.90 Å². The maximum atomic E-state index is 12.0. The van der Waals surface area contributed by atoms with Crippen molar-refractivity contribution < 1.29 is 9.53 Å². The van der Waals surface area contributed by atoms with E-state index in [0.717, 1.165) is 38.8 Å². The average Bonchev–Trinajstić information content (AvgIpc) is 2.72. The van der Waals surface area contributed by atoms with Crippen LogP contribution in [0.4, 0.5) is 4.79 Å². The van der Waals surface area contributed by atoms with Gasteiger partial charge in [0.05, 0.1) is 0 Å². The zero-order valence-corrected chi connectivity index (χ0v) is 11.2. The molecule has 2 rings (SSSR count). The Kier molecular flexibility index (Phi) is 3.10. The van der Waals surface area contributed by atoms with Crippen LogP contribution >= 0.6 is 0 Å². The molecule has 0 aromatic carbocycles. The van der Waals surface area contributed by atoms with E-state index >= 15 is 0 Å². The van der Waals surface area contributed by atoms with E-state index in [-0.39, 0.29) is 11.5 Å². The molecule has 0 radical (unpaired) electrons. The summed E-state index contributed by atoms with van der Waals surface area (Å²) in [5.41, 5.74) is 5.86. The summed E-state index contributed by atoms with van der Waals surface area (Å²) in [6.07, 6.45) is 4.23. The van der Waals surface area contributed by atoms with Crippen LogP contribution in [0.5, 0.6) is 0 Å². The Balaban J connectivity index is 1.92. The number of nitrogens with two attached hydrogens (primary N) is 1. The molecule has 1 aliphatic carbocycles. The van der Waals surface area contributed by atoms with E-state index in [4.69, 9.17) is 10.5 Å². The van der Waals surface area contributed by atoms with E-state index < -0.39 is 5.60 Å². The first-order valence-electron chi connectivity index (χ1n) is 6.53. The van der Waals surface area contributed by atoms with Gasteiger partial charge in [0.15, 0.2) is 0 Å². The molecule has 1 amide bonds. The van der Waals surface area contributed by atoms with Crippen molar-refractivity contribution in [2.45, 2.75) is 58.1 Å². The topological polar surface area (TPSA) is 55.6 Å². The fourth-order valence-electron chi connectivity index (χ4n) is 3.04. The van der Waals surface area contributed by atoms with Gasteiger partial charge in [-0.3, -0.25) is 0 Å². The van der Waals surface area contributed by atoms with Crippen molar-refractivity contribution in [3.8, 4) is 0 Å². The van der Waals surface area contributed by atoms with Crippen molar-refractivity contribution in [3.05, 3.63) is 0 Å². The molecule has 17 heavy (non-hydrogen) atoms. The Labute approximate surface area is 103 Å². The van der Waals surface area contributed by atoms with E-state index in [1.807, 2.05) is 25.7 Å². The highest BCUT2D eigenvalue weighted by molar-refractivity contribution is 5.68. The predicted octanol–water partition coefficient (Wildman–Crippen LogP) is 2.12. The molecule has 1 heterocycles. The molecule has 1 aliphatic heterocycles. The molecule has 4 heteroatoms. The SMILES string of the molecule is CC(C)(C)OC(=O)N1CC[C@]2(CC[C@@H](N)C2)C1. The zero-order valence-electron chi connectivity index (χ0n) is 11.2. The van der Waals surface area contributed by atoms with Gasteiger partial charge in [0, 0.05) is 19.1 Å². The van der Waals surface area contributed by atoms with E-state index in [2.05, 4.69) is 0 Å². The van der Waals surface area contributed by atoms with Crippen LogP contribution in [0.15, 0.2) is 0 Å². The highest BCUT2D eigenvalue weighted by Crippen LogP contribution is 2.45. The van der Waals surface area contributed by atoms with Crippen LogP contribution in [0, 0.1) is 5.41 Å². The number of rotatable bonds is 0. The molecule has 0 bridgehead atoms. The maximum absolute atomic E-state index is 12.0. The molecular formula is C13H24N2O2. The monoisotopic (exact) mass is 240 g/mol. The van der Waals surface area contributed by atoms with Gasteiger partial charge in [-0.15, -0.1) is 0 Å². The highest BCUT2D eigenvalue weighted by atomic mass is 16.6. The molecule has 2 atom stereocenters. The second-order valence-corrected chi connectivity index (χ2v) is 6.65. The fraction of sp³-hybridized carbons (Fsp3) is 0.923. The Bertz CT molecular complexity index is 311. The number of nitrogens with zero attached hydrogens (tertiary/aromatic N) is 1. The summed E-state index contributed by atoms with van der Waals surface area (Å²) in [7, 11) is 0. The number of carbonyl (C=O) groups is 1. The van der Waals surface area contributed by atoms with Crippen LogP contribution < -0.4 is 5.73 Å². The molecule has 0 unspecified atom stereocenters. The third-order valence-corrected chi connectivity index (χ3v) is 3.83. The van der Waals surface area contributed by atoms with Crippen LogP contribution in [0.3, 0.4) is 0 Å². The van der Waals surface area contributed by atoms with Crippen molar-refractivity contribution >= 4 is 6.09 Å². The van der Waals surface area contributed by atoms with Gasteiger partial charge in [0.25, 0.3) is 0 Å². The van der Waals surface area contributed by atoms with Gasteiger partial charge in [-0.25, -0.2) is 4.79 Å². The van der Waals surface area contributed by atoms with Gasteiger partial charge >= 0.3 is 6.09 Å². The summed E-state index contributed by atoms with van der Waals surface area (Å²) < 4.78 is 5.41. The number of hydrogen-bond acceptors (Lipinski definition) is 3. The molecule has 98 valence electrons. The first kappa shape index (κ1) is 12.7. The molecule has 0 aromatic rings. The number of ether oxygens (including phenoxy) is 1. The summed E-state index contributed by atoms with van der Waals surface area (Å²) >= 11 is 0. The molecule has 1 saturated carbocycles. The van der Waals surface area contributed by atoms with Crippen molar-refractivity contribution in [1.29, 1.82) is 0 Å². The minimum absolute atomic E-state index is 0.171. The smallest absolute Gasteiger partial charge is 0.410 e. The fourth-order valence-corrected chi connectivity index (χ4v) is 3.04. The van der Waals surface area contributed by atoms with E-state index in [1.165, 1.54) is 0 Å². The Morgan fingerprint density at radius 3 is 2.65 bits per heavy atom. The van der Waals surface area contributed by atoms with Crippen LogP contribution in [0.25, 0.3) is 0 Å². The van der Waals surface area contributed by atoms with E-state index in [1.54, 1.807) is 0 Å². The van der Waals surface area contributed by atoms with Crippen molar-refractivity contribution in [2.75, 3.05) is 13.1 Å². The average molecular weight is 240 g/mol. The zero-order chi connectivity index (χ0) is 12.7. The lowest BCUT2D eigenvalue weighted by molar-refractivity contribution is 0.0273. The third-order valence-electron chi connectivity index (χ3n) is 3.83. The summed E-state index contributed by atoms with van der Waals surface area (Å²) in [6.45, 7) is 7.36. The Morgan fingerprint density at radius 2 is 2.12 bits per heavy atom. The summed E-state index contributed by atoms with van der Waals surface area (Å²) in [5, 5.41) is 0. The molecule has 1 spiro atoms. The standard InChI is InChI=1S/C13H24N2O2/c1-12(2,3)17-11(16)15-7-6-13(9-15)5-4-10(14)8-13/h10H,4-9,14H2,1-3H3/t10-,13+/m1/s1. The lowest BCUT2D eigenvalue weighted by Crippen LogP contribution is -2.36. The first-order chi connectivity index (χ1) is 7.80. The van der Waals surface area contributed by atoms with Crippen LogP contribution in [0.2, 0.25) is 0 Å². The Morgan fingerprint density at radius 1 is 1.41 bits per heavy atom. The summed E-state index contributed by atoms with van der Waals surface area (Å²) in [6, 6.07) is 0.327. The van der Waals surface area contributed by atoms with Gasteiger partial charge < -0.3 is 15.4 Å². The summed E-state index contributed by atoms with van der Waals surface area (Å²) in [5.74, 6) is 0. The number of likely N-dealkylation sites (tertiary alicyclic amines) is 1. The van der Waals surface area contributed by atoms with Crippen LogP contribution in [-0.2, 0) is 4.74 Å². The molecule has 4 nitrogen and oxygen atoms in total. The van der Waals surface area contributed by atoms with Gasteiger partial charge in [-0.2, -0.15) is 0 Å². The number of amides is 1. The van der Waals surface area contributed by atoms with Gasteiger partial charge in [-0.05, 0) is 51.9 Å². The molecule has 2 fully saturated rings. The predicted molar refractivity (Wildman–Crippen MR) is 66.7 cm³/mol. The minimum atomic E-state index is -0.404. The lowest BCUT2D eigenvalue weighted by atomic mass is 9.85. The van der Waals surface area contributed by atoms with E-state index in [9.17, 15) is 4.79 Å². The third kappa shape index (κ3) is 2.92. The Hall–Kier alpha value is -0.770. The molecule has 2 aliphatic rings. The molecule has 1 saturated heterocycles. The second-order valence-electron chi connectivity index (χ2n) is 6.65. The quantitative estimate of drug-likeness (QED) is 0.705. The minimum Gasteiger partial charge on any atom is -0.444 e. The van der Waals surface area contributed by atoms with E-state index in [0.29, 0.717) is 6.04 Å². The van der Waals surface area contributed by atoms with Gasteiger partial charge in [-0.1, -0.05) is 0 Å². The van der Waals surface area contributed by atoms with Crippen LogP contribution in [-0.4, -0.2) is 35.7 Å². The maximum Gasteiger partial charge on any atom is 0.410 e. The highest BCUT2D eigenvalue weighted by Gasteiger charge is 2.45.